The second kappa shape index (κ2) is 4.04. The number of amides is 1. The first-order chi connectivity index (χ1) is 9.62. The van der Waals surface area contributed by atoms with Gasteiger partial charge in [0.25, 0.3) is 0 Å². The van der Waals surface area contributed by atoms with Crippen LogP contribution in [0.4, 0.5) is 4.39 Å². The van der Waals surface area contributed by atoms with E-state index in [-0.39, 0.29) is 23.9 Å². The van der Waals surface area contributed by atoms with Crippen LogP contribution >= 0.6 is 0 Å². The zero-order chi connectivity index (χ0) is 13.9. The molecule has 0 bridgehead atoms. The van der Waals surface area contributed by atoms with Crippen molar-refractivity contribution in [1.29, 1.82) is 0 Å². The van der Waals surface area contributed by atoms with Crippen LogP contribution in [0.2, 0.25) is 0 Å². The van der Waals surface area contributed by atoms with E-state index in [2.05, 4.69) is 12.2 Å². The van der Waals surface area contributed by atoms with Crippen LogP contribution in [-0.2, 0) is 4.79 Å². The molecule has 4 heteroatoms. The Balaban J connectivity index is 1.72. The fraction of sp³-hybridized carbons (Fsp3) is 0.562. The van der Waals surface area contributed by atoms with Crippen molar-refractivity contribution < 1.29 is 9.18 Å². The fourth-order valence-electron chi connectivity index (χ4n) is 3.39. The Morgan fingerprint density at radius 1 is 1.35 bits per heavy atom. The Morgan fingerprint density at radius 2 is 2.05 bits per heavy atom. The predicted octanol–water partition coefficient (Wildman–Crippen LogP) is 2.59. The second-order valence-electron chi connectivity index (χ2n) is 6.44. The number of hydrogen-bond donors (Lipinski definition) is 1. The van der Waals surface area contributed by atoms with Crippen LogP contribution in [0, 0.1) is 11.7 Å². The van der Waals surface area contributed by atoms with Crippen molar-refractivity contribution >= 4 is 5.91 Å². The molecule has 1 amide bonds. The summed E-state index contributed by atoms with van der Waals surface area (Å²) < 4.78 is 14.1. The summed E-state index contributed by atoms with van der Waals surface area (Å²) in [6.07, 6.45) is 3.82. The molecular formula is C16H19FN2O. The minimum Gasteiger partial charge on any atom is -0.318 e. The minimum atomic E-state index is -0.393. The van der Waals surface area contributed by atoms with E-state index in [1.807, 2.05) is 11.0 Å². The fourth-order valence-corrected chi connectivity index (χ4v) is 3.39. The van der Waals surface area contributed by atoms with Crippen LogP contribution in [0.5, 0.6) is 0 Å². The number of carbonyl (C=O) groups is 1. The van der Waals surface area contributed by atoms with Crippen LogP contribution in [0.3, 0.4) is 0 Å². The smallest absolute Gasteiger partial charge is 0.244 e. The maximum Gasteiger partial charge on any atom is 0.244 e. The Kier molecular flexibility index (Phi) is 2.49. The van der Waals surface area contributed by atoms with Crippen LogP contribution in [-0.4, -0.2) is 22.4 Å². The van der Waals surface area contributed by atoms with Gasteiger partial charge in [0.05, 0.1) is 0 Å². The van der Waals surface area contributed by atoms with Gasteiger partial charge in [-0.15, -0.1) is 0 Å². The highest BCUT2D eigenvalue weighted by molar-refractivity contribution is 5.92. The Hall–Kier alpha value is -1.42. The summed E-state index contributed by atoms with van der Waals surface area (Å²) in [5, 5.41) is 3.40. The number of hydrogen-bond acceptors (Lipinski definition) is 2. The van der Waals surface area contributed by atoms with Gasteiger partial charge in [0, 0.05) is 11.6 Å². The van der Waals surface area contributed by atoms with Gasteiger partial charge in [-0.2, -0.15) is 0 Å². The first kappa shape index (κ1) is 12.3. The average molecular weight is 274 g/mol. The van der Waals surface area contributed by atoms with Gasteiger partial charge in [0.1, 0.15) is 17.5 Å². The summed E-state index contributed by atoms with van der Waals surface area (Å²) >= 11 is 0. The third kappa shape index (κ3) is 1.71. The van der Waals surface area contributed by atoms with E-state index >= 15 is 0 Å². The Labute approximate surface area is 118 Å². The van der Waals surface area contributed by atoms with E-state index in [0.29, 0.717) is 11.5 Å². The topological polar surface area (TPSA) is 32.3 Å². The molecule has 0 radical (unpaired) electrons. The maximum atomic E-state index is 14.1. The van der Waals surface area contributed by atoms with Crippen LogP contribution in [0.25, 0.3) is 0 Å². The normalized spacial score (nSPS) is 29.0. The molecule has 2 saturated carbocycles. The van der Waals surface area contributed by atoms with Crippen molar-refractivity contribution in [3.05, 3.63) is 35.6 Å². The quantitative estimate of drug-likeness (QED) is 0.919. The van der Waals surface area contributed by atoms with Gasteiger partial charge in [-0.05, 0) is 44.6 Å². The Morgan fingerprint density at radius 3 is 2.65 bits per heavy atom. The van der Waals surface area contributed by atoms with E-state index in [1.165, 1.54) is 18.9 Å². The number of carbonyl (C=O) groups excluding carboxylic acids is 1. The summed E-state index contributed by atoms with van der Waals surface area (Å²) in [4.78, 5) is 14.6. The van der Waals surface area contributed by atoms with Gasteiger partial charge in [-0.1, -0.05) is 18.2 Å². The van der Waals surface area contributed by atoms with Gasteiger partial charge in [0.15, 0.2) is 0 Å². The van der Waals surface area contributed by atoms with E-state index in [1.54, 1.807) is 12.1 Å². The summed E-state index contributed by atoms with van der Waals surface area (Å²) in [6, 6.07) is 6.98. The molecule has 3 fully saturated rings. The van der Waals surface area contributed by atoms with Crippen molar-refractivity contribution in [2.75, 3.05) is 0 Å². The molecule has 1 heterocycles. The Bertz CT molecular complexity index is 565. The van der Waals surface area contributed by atoms with Crippen LogP contribution in [0.1, 0.15) is 44.3 Å². The molecule has 1 aliphatic heterocycles. The molecular weight excluding hydrogens is 255 g/mol. The number of rotatable bonds is 3. The summed E-state index contributed by atoms with van der Waals surface area (Å²) in [5.74, 6) is 0.526. The molecule has 0 aromatic heterocycles. The van der Waals surface area contributed by atoms with E-state index in [0.717, 1.165) is 12.8 Å². The summed E-state index contributed by atoms with van der Waals surface area (Å²) in [7, 11) is 0. The molecule has 2 atom stereocenters. The minimum absolute atomic E-state index is 0.171. The van der Waals surface area contributed by atoms with Gasteiger partial charge in [0.2, 0.25) is 5.91 Å². The maximum absolute atomic E-state index is 14.1. The number of nitrogens with zero attached hydrogens (tertiary/aromatic N) is 1. The first-order valence-electron chi connectivity index (χ1n) is 7.47. The van der Waals surface area contributed by atoms with Gasteiger partial charge in [-0.3, -0.25) is 10.1 Å². The lowest BCUT2D eigenvalue weighted by Crippen LogP contribution is -2.40. The molecule has 1 spiro atoms. The lowest BCUT2D eigenvalue weighted by molar-refractivity contribution is -0.133. The standard InChI is InChI=1S/C16H19FN2O/c1-10(11-6-7-11)19-14(12-4-2-3-5-13(12)17)18-16(8-9-16)15(19)20/h2-5,10-11,14,18H,6-9H2,1H3. The molecule has 3 nitrogen and oxygen atoms in total. The molecule has 2 unspecified atom stereocenters. The average Bonchev–Trinajstić information content (AvgIpc) is 3.32. The van der Waals surface area contributed by atoms with Gasteiger partial charge in [-0.25, -0.2) is 4.39 Å². The highest BCUT2D eigenvalue weighted by atomic mass is 19.1. The molecule has 1 N–H and O–H groups in total. The molecule has 20 heavy (non-hydrogen) atoms. The van der Waals surface area contributed by atoms with Crippen LogP contribution in [0.15, 0.2) is 24.3 Å². The monoisotopic (exact) mass is 274 g/mol. The predicted molar refractivity (Wildman–Crippen MR) is 73.3 cm³/mol. The van der Waals surface area contributed by atoms with Gasteiger partial charge >= 0.3 is 0 Å². The van der Waals surface area contributed by atoms with E-state index in [4.69, 9.17) is 0 Å². The molecule has 1 aromatic rings. The van der Waals surface area contributed by atoms with Crippen molar-refractivity contribution in [2.45, 2.75) is 50.4 Å². The number of halogens is 1. The van der Waals surface area contributed by atoms with Crippen molar-refractivity contribution in [3.8, 4) is 0 Å². The largest absolute Gasteiger partial charge is 0.318 e. The first-order valence-corrected chi connectivity index (χ1v) is 7.47. The highest BCUT2D eigenvalue weighted by Crippen LogP contribution is 2.49. The van der Waals surface area contributed by atoms with Crippen molar-refractivity contribution in [3.63, 3.8) is 0 Å². The molecule has 1 saturated heterocycles. The number of benzene rings is 1. The van der Waals surface area contributed by atoms with Gasteiger partial charge < -0.3 is 4.90 Å². The van der Waals surface area contributed by atoms with E-state index < -0.39 is 5.54 Å². The molecule has 4 rings (SSSR count). The lowest BCUT2D eigenvalue weighted by Gasteiger charge is -2.31. The SMILES string of the molecule is CC(C1CC1)N1C(=O)C2(CC2)NC1c1ccccc1F. The van der Waals surface area contributed by atoms with E-state index in [9.17, 15) is 9.18 Å². The van der Waals surface area contributed by atoms with Crippen molar-refractivity contribution in [2.24, 2.45) is 5.92 Å². The molecule has 2 aliphatic carbocycles. The second-order valence-corrected chi connectivity index (χ2v) is 6.44. The summed E-state index contributed by atoms with van der Waals surface area (Å²) in [6.45, 7) is 2.10. The third-order valence-corrected chi connectivity index (χ3v) is 5.03. The van der Waals surface area contributed by atoms with Crippen molar-refractivity contribution in [1.82, 2.24) is 10.2 Å². The summed E-state index contributed by atoms with van der Waals surface area (Å²) in [5.41, 5.74) is 0.202. The molecule has 1 aromatic carbocycles. The van der Waals surface area contributed by atoms with Crippen LogP contribution < -0.4 is 5.32 Å². The zero-order valence-electron chi connectivity index (χ0n) is 11.6. The molecule has 106 valence electrons. The highest BCUT2D eigenvalue weighted by Gasteiger charge is 2.61. The molecule has 3 aliphatic rings. The third-order valence-electron chi connectivity index (χ3n) is 5.03. The lowest BCUT2D eigenvalue weighted by atomic mass is 10.1. The number of nitrogens with one attached hydrogen (secondary N) is 1. The zero-order valence-corrected chi connectivity index (χ0v) is 11.6.